The molecule has 2 aromatic carbocycles. The van der Waals surface area contributed by atoms with E-state index in [2.05, 4.69) is 4.90 Å². The van der Waals surface area contributed by atoms with E-state index in [-0.39, 0.29) is 54.8 Å². The van der Waals surface area contributed by atoms with Gasteiger partial charge in [-0.1, -0.05) is 20.8 Å². The number of amidine groups is 1. The molecule has 2 heterocycles. The van der Waals surface area contributed by atoms with Gasteiger partial charge in [-0.15, -0.1) is 0 Å². The molecule has 1 fully saturated rings. The van der Waals surface area contributed by atoms with Crippen molar-refractivity contribution in [3.63, 3.8) is 0 Å². The normalized spacial score (nSPS) is 15.5. The molecule has 0 amide bonds. The third-order valence-corrected chi connectivity index (χ3v) is 7.73. The number of nitrogens with zero attached hydrogens (tertiary/aromatic N) is 2. The van der Waals surface area contributed by atoms with Crippen LogP contribution in [0.25, 0.3) is 0 Å². The van der Waals surface area contributed by atoms with Crippen LogP contribution in [0, 0.1) is 11.2 Å². The number of piperidine rings is 1. The van der Waals surface area contributed by atoms with Gasteiger partial charge in [-0.25, -0.2) is 4.39 Å². The number of hydrogen-bond donors (Lipinski definition) is 3. The highest BCUT2D eigenvalue weighted by Crippen LogP contribution is 2.42. The highest BCUT2D eigenvalue weighted by Gasteiger charge is 2.34. The predicted octanol–water partition coefficient (Wildman–Crippen LogP) is 4.37. The fourth-order valence-corrected chi connectivity index (χ4v) is 5.45. The highest BCUT2D eigenvalue weighted by atomic mass is 19.1. The summed E-state index contributed by atoms with van der Waals surface area (Å²) in [5.41, 5.74) is 2.15. The highest BCUT2D eigenvalue weighted by molar-refractivity contribution is 6.06. The fourth-order valence-electron chi connectivity index (χ4n) is 5.45. The van der Waals surface area contributed by atoms with E-state index in [1.165, 1.54) is 19.1 Å². The van der Waals surface area contributed by atoms with E-state index in [1.54, 1.807) is 18.2 Å². The van der Waals surface area contributed by atoms with Crippen molar-refractivity contribution in [3.05, 3.63) is 46.3 Å². The first-order valence-electron chi connectivity index (χ1n) is 14.1. The van der Waals surface area contributed by atoms with Gasteiger partial charge in [-0.3, -0.25) is 15.0 Å². The zero-order chi connectivity index (χ0) is 30.8. The third-order valence-electron chi connectivity index (χ3n) is 7.73. The number of Topliss-reactive ketones (excluding diaryl/α,β-unsaturated/α-hetero) is 1. The number of rotatable bonds is 11. The van der Waals surface area contributed by atoms with Crippen LogP contribution in [0.15, 0.2) is 18.2 Å². The van der Waals surface area contributed by atoms with Crippen molar-refractivity contribution >= 4 is 23.3 Å². The Kier molecular flexibility index (Phi) is 9.30. The lowest BCUT2D eigenvalue weighted by Gasteiger charge is -2.35. The average molecular weight is 586 g/mol. The number of halogens is 1. The molecule has 2 aromatic rings. The number of ether oxygens (including phenoxy) is 3. The van der Waals surface area contributed by atoms with Crippen molar-refractivity contribution in [2.75, 3.05) is 45.4 Å². The van der Waals surface area contributed by atoms with Gasteiger partial charge in [0.1, 0.15) is 11.6 Å². The van der Waals surface area contributed by atoms with Crippen LogP contribution in [0.4, 0.5) is 10.1 Å². The van der Waals surface area contributed by atoms with Crippen molar-refractivity contribution in [1.82, 2.24) is 4.90 Å². The molecule has 3 N–H and O–H groups in total. The van der Waals surface area contributed by atoms with E-state index < -0.39 is 23.3 Å². The van der Waals surface area contributed by atoms with Crippen LogP contribution in [0.2, 0.25) is 0 Å². The molecular weight excluding hydrogens is 545 g/mol. The summed E-state index contributed by atoms with van der Waals surface area (Å²) in [5, 5.41) is 27.8. The molecule has 1 saturated heterocycles. The van der Waals surface area contributed by atoms with Gasteiger partial charge >= 0.3 is 5.97 Å². The number of anilines is 1. The molecule has 2 aliphatic heterocycles. The summed E-state index contributed by atoms with van der Waals surface area (Å²) in [6, 6.07) is 5.21. The number of carbonyl (C=O) groups excluding carboxylic acids is 1. The number of nitrogens with one attached hydrogen (secondary N) is 1. The maximum atomic E-state index is 15.3. The van der Waals surface area contributed by atoms with E-state index in [0.29, 0.717) is 54.9 Å². The van der Waals surface area contributed by atoms with E-state index in [0.717, 1.165) is 5.56 Å². The first-order valence-corrected chi connectivity index (χ1v) is 14.1. The summed E-state index contributed by atoms with van der Waals surface area (Å²) < 4.78 is 31.9. The molecule has 42 heavy (non-hydrogen) atoms. The minimum absolute atomic E-state index is 0.0187. The number of aliphatic hydroxyl groups is 1. The number of ketones is 1. The van der Waals surface area contributed by atoms with Crippen LogP contribution in [0.5, 0.6) is 17.2 Å². The van der Waals surface area contributed by atoms with E-state index in [1.807, 2.05) is 20.8 Å². The van der Waals surface area contributed by atoms with Crippen LogP contribution in [0.1, 0.15) is 73.5 Å². The first kappa shape index (κ1) is 31.1. The van der Waals surface area contributed by atoms with Crippen molar-refractivity contribution in [1.29, 1.82) is 5.41 Å². The first-order chi connectivity index (χ1) is 19.8. The minimum Gasteiger partial charge on any atom is -0.493 e. The van der Waals surface area contributed by atoms with Crippen LogP contribution < -0.4 is 19.1 Å². The number of carboxylic acids is 1. The Labute approximate surface area is 245 Å². The summed E-state index contributed by atoms with van der Waals surface area (Å²) in [6.45, 7) is 7.42. The lowest BCUT2D eigenvalue weighted by atomic mass is 9.84. The average Bonchev–Trinajstić information content (AvgIpc) is 3.25. The summed E-state index contributed by atoms with van der Waals surface area (Å²) >= 11 is 0. The molecule has 0 saturated carbocycles. The Balaban J connectivity index is 1.67. The van der Waals surface area contributed by atoms with E-state index >= 15 is 4.39 Å². The van der Waals surface area contributed by atoms with Gasteiger partial charge in [0.15, 0.2) is 23.1 Å². The van der Waals surface area contributed by atoms with Crippen LogP contribution in [-0.2, 0) is 16.8 Å². The van der Waals surface area contributed by atoms with E-state index in [4.69, 9.17) is 24.7 Å². The van der Waals surface area contributed by atoms with Gasteiger partial charge in [0.25, 0.3) is 0 Å². The van der Waals surface area contributed by atoms with Gasteiger partial charge in [-0.2, -0.15) is 0 Å². The zero-order valence-electron chi connectivity index (χ0n) is 24.9. The zero-order valence-corrected chi connectivity index (χ0v) is 24.9. The molecule has 10 nitrogen and oxygen atoms in total. The molecule has 0 atom stereocenters. The quantitative estimate of drug-likeness (QED) is 0.260. The third kappa shape index (κ3) is 6.46. The summed E-state index contributed by atoms with van der Waals surface area (Å²) in [7, 11) is 2.75. The lowest BCUT2D eigenvalue weighted by Crippen LogP contribution is -2.36. The van der Waals surface area contributed by atoms with Gasteiger partial charge < -0.3 is 34.2 Å². The fraction of sp³-hybridized carbons (Fsp3) is 0.516. The molecule has 0 unspecified atom stereocenters. The molecule has 228 valence electrons. The van der Waals surface area contributed by atoms with Gasteiger partial charge in [0.05, 0.1) is 44.7 Å². The maximum Gasteiger partial charge on any atom is 0.303 e. The van der Waals surface area contributed by atoms with Crippen LogP contribution in [-0.4, -0.2) is 79.3 Å². The lowest BCUT2D eigenvalue weighted by molar-refractivity contribution is -0.137. The van der Waals surface area contributed by atoms with Gasteiger partial charge in [-0.05, 0) is 48.4 Å². The van der Waals surface area contributed by atoms with Gasteiger partial charge in [0.2, 0.25) is 0 Å². The van der Waals surface area contributed by atoms with Crippen LogP contribution in [0.3, 0.4) is 0 Å². The Bertz CT molecular complexity index is 1360. The minimum atomic E-state index is -0.896. The monoisotopic (exact) mass is 585 g/mol. The summed E-state index contributed by atoms with van der Waals surface area (Å²) in [5.74, 6) is -1.19. The number of carboxylic acid groups (broad SMARTS) is 1. The molecule has 0 bridgehead atoms. The van der Waals surface area contributed by atoms with Crippen molar-refractivity contribution in [3.8, 4) is 17.2 Å². The number of fused-ring (bicyclic) bond motifs is 1. The number of aliphatic hydroxyl groups excluding tert-OH is 1. The molecule has 0 radical (unpaired) electrons. The van der Waals surface area contributed by atoms with E-state index in [9.17, 15) is 14.7 Å². The summed E-state index contributed by atoms with van der Waals surface area (Å²) in [4.78, 5) is 28.5. The standard InChI is InChI=1S/C31H40FN3O7/c1-31(2,3)21-13-18(14-22(34-10-8-20(36)9-11-34)28(21)42-12-6-7-25(38)39)23(37)17-35-16-19-15-24(40-4)29(41-5)27(32)26(19)30(35)33/h13-15,20,33,36H,6-12,16-17H2,1-5H3,(H,38,39). The molecule has 11 heteroatoms. The molecular formula is C31H40FN3O7. The second-order valence-corrected chi connectivity index (χ2v) is 11.8. The van der Waals surface area contributed by atoms with Crippen LogP contribution >= 0.6 is 0 Å². The Morgan fingerprint density at radius 2 is 1.79 bits per heavy atom. The van der Waals surface area contributed by atoms with Crippen molar-refractivity contribution < 1.29 is 38.4 Å². The second-order valence-electron chi connectivity index (χ2n) is 11.8. The van der Waals surface area contributed by atoms with Crippen molar-refractivity contribution in [2.24, 2.45) is 0 Å². The molecule has 2 aliphatic rings. The molecule has 0 spiro atoms. The smallest absolute Gasteiger partial charge is 0.303 e. The number of benzene rings is 2. The molecule has 4 rings (SSSR count). The number of aliphatic carboxylic acids is 1. The SMILES string of the molecule is COc1cc2c(c(F)c1OC)C(=N)N(CC(=O)c1cc(N3CCC(O)CC3)c(OCCCC(=O)O)c(C(C)(C)C)c1)C2. The summed E-state index contributed by atoms with van der Waals surface area (Å²) in [6.07, 6.45) is 1.07. The topological polar surface area (TPSA) is 133 Å². The van der Waals surface area contributed by atoms with Gasteiger partial charge in [0, 0.05) is 37.2 Å². The molecule has 0 aliphatic carbocycles. The van der Waals surface area contributed by atoms with Crippen molar-refractivity contribution in [2.45, 2.75) is 64.5 Å². The Hall–Kier alpha value is -3.86. The maximum absolute atomic E-state index is 15.3. The number of methoxy groups -OCH3 is 2. The number of hydrogen-bond acceptors (Lipinski definition) is 8. The molecule has 0 aromatic heterocycles. The Morgan fingerprint density at radius 1 is 1.10 bits per heavy atom. The Morgan fingerprint density at radius 3 is 2.38 bits per heavy atom. The largest absolute Gasteiger partial charge is 0.493 e. The second kappa shape index (κ2) is 12.6. The number of carbonyl (C=O) groups is 2. The predicted molar refractivity (Wildman–Crippen MR) is 156 cm³/mol.